The summed E-state index contributed by atoms with van der Waals surface area (Å²) in [5.41, 5.74) is -0.271. The van der Waals surface area contributed by atoms with Crippen molar-refractivity contribution in [1.82, 2.24) is 9.97 Å². The van der Waals surface area contributed by atoms with E-state index in [1.165, 1.54) is 0 Å². The predicted molar refractivity (Wildman–Crippen MR) is 72.1 cm³/mol. The van der Waals surface area contributed by atoms with Crippen molar-refractivity contribution in [3.05, 3.63) is 11.5 Å². The molecular weight excluding hydrogens is 252 g/mol. The first-order valence-corrected chi connectivity index (χ1v) is 5.17. The molecule has 2 heterocycles. The second-order valence-electron chi connectivity index (χ2n) is 3.51. The highest BCUT2D eigenvalue weighted by atomic mass is 35.5. The number of rotatable bonds is 2. The van der Waals surface area contributed by atoms with Crippen LogP contribution in [-0.2, 0) is 4.79 Å². The van der Waals surface area contributed by atoms with E-state index in [2.05, 4.69) is 9.97 Å². The molecule has 18 heavy (non-hydrogen) atoms. The Morgan fingerprint density at radius 3 is 3.17 bits per heavy atom. The molecule has 5 nitrogen and oxygen atoms in total. The van der Waals surface area contributed by atoms with E-state index >= 15 is 0 Å². The zero-order chi connectivity index (χ0) is 23.7. The molecule has 0 radical (unpaired) electrons. The summed E-state index contributed by atoms with van der Waals surface area (Å²) < 4.78 is 93.5. The summed E-state index contributed by atoms with van der Waals surface area (Å²) in [6, 6.07) is -6.21. The summed E-state index contributed by atoms with van der Waals surface area (Å²) in [6.45, 7) is -10.8. The Labute approximate surface area is 129 Å². The number of carbonyl (C=O) groups is 1. The van der Waals surface area contributed by atoms with E-state index in [-0.39, 0.29) is 10.6 Å². The van der Waals surface area contributed by atoms with Crippen LogP contribution in [0.5, 0.6) is 0 Å². The quantitative estimate of drug-likeness (QED) is 0.779. The number of aromatic nitrogens is 2. The van der Waals surface area contributed by atoms with Crippen molar-refractivity contribution in [3.63, 3.8) is 0 Å². The first-order valence-electron chi connectivity index (χ1n) is 10.8. The number of fused-ring (bicyclic) bond motifs is 1. The smallest absolute Gasteiger partial charge is 0.249 e. The maximum absolute atomic E-state index is 13.0. The van der Waals surface area contributed by atoms with E-state index < -0.39 is 56.0 Å². The van der Waals surface area contributed by atoms with E-state index in [0.29, 0.717) is 0 Å². The van der Waals surface area contributed by atoms with Gasteiger partial charge in [-0.3, -0.25) is 4.79 Å². The second kappa shape index (κ2) is 4.72. The molecule has 1 aromatic rings. The van der Waals surface area contributed by atoms with Gasteiger partial charge in [-0.2, -0.15) is 4.98 Å². The van der Waals surface area contributed by atoms with E-state index in [1.807, 2.05) is 0 Å². The lowest BCUT2D eigenvalue weighted by Gasteiger charge is -2.42. The maximum atomic E-state index is 13.0. The highest BCUT2D eigenvalue weighted by Crippen LogP contribution is 2.35. The van der Waals surface area contributed by atoms with Gasteiger partial charge in [0.1, 0.15) is 11.7 Å². The normalized spacial score (nSPS) is 32.8. The Bertz CT molecular complexity index is 837. The predicted octanol–water partition coefficient (Wildman–Crippen LogP) is 2.10. The Kier molecular flexibility index (Phi) is 1.22. The van der Waals surface area contributed by atoms with Crippen LogP contribution in [0.4, 0.5) is 11.5 Å². The Morgan fingerprint density at radius 1 is 1.72 bits per heavy atom. The topological polar surface area (TPSA) is 49.3 Å². The van der Waals surface area contributed by atoms with Crippen molar-refractivity contribution in [2.75, 3.05) is 16.8 Å². The highest BCUT2D eigenvalue weighted by molar-refractivity contribution is 6.28. The fourth-order valence-electron chi connectivity index (χ4n) is 1.66. The molecule has 2 rings (SSSR count). The van der Waals surface area contributed by atoms with Gasteiger partial charge >= 0.3 is 0 Å². The molecule has 1 amide bonds. The van der Waals surface area contributed by atoms with Crippen LogP contribution >= 0.6 is 11.6 Å². The standard InChI is InChI=1S/C12H17ClN4O/c1-5-8-11(18)16(4)9-6-14-12(13)15-10(9)17(8)7(2)3/h6-8H,5H2,1-4H3/i1D3,2D3,3D3,5D2,7D. The van der Waals surface area contributed by atoms with Crippen LogP contribution in [0.2, 0.25) is 5.28 Å². The molecule has 0 aromatic carbocycles. The van der Waals surface area contributed by atoms with E-state index in [1.54, 1.807) is 0 Å². The van der Waals surface area contributed by atoms with Crippen LogP contribution in [-0.4, -0.2) is 35.0 Å². The number of hydrogen-bond acceptors (Lipinski definition) is 4. The summed E-state index contributed by atoms with van der Waals surface area (Å²) in [4.78, 5) is 21.3. The second-order valence-corrected chi connectivity index (χ2v) is 3.85. The van der Waals surface area contributed by atoms with Crippen LogP contribution < -0.4 is 9.80 Å². The lowest BCUT2D eigenvalue weighted by molar-refractivity contribution is -0.120. The molecule has 0 bridgehead atoms. The third-order valence-corrected chi connectivity index (χ3v) is 2.69. The number of carbonyl (C=O) groups excluding carboxylic acids is 1. The van der Waals surface area contributed by atoms with E-state index in [9.17, 15) is 4.79 Å². The first-order chi connectivity index (χ1) is 13.2. The monoisotopic (exact) mass is 280 g/mol. The minimum absolute atomic E-state index is 0.0879. The summed E-state index contributed by atoms with van der Waals surface area (Å²) in [7, 11) is 1.12. The molecule has 1 aliphatic heterocycles. The molecule has 0 fully saturated rings. The summed E-state index contributed by atoms with van der Waals surface area (Å²) in [5, 5.41) is -0.520. The maximum Gasteiger partial charge on any atom is 0.249 e. The van der Waals surface area contributed by atoms with Crippen LogP contribution in [0.1, 0.15) is 43.4 Å². The zero-order valence-electron chi connectivity index (χ0n) is 21.2. The molecule has 0 saturated carbocycles. The Balaban J connectivity index is 3.03. The fourth-order valence-corrected chi connectivity index (χ4v) is 1.78. The van der Waals surface area contributed by atoms with Gasteiger partial charge in [-0.15, -0.1) is 0 Å². The highest BCUT2D eigenvalue weighted by Gasteiger charge is 2.38. The molecule has 1 aromatic heterocycles. The number of halogens is 1. The van der Waals surface area contributed by atoms with Crippen LogP contribution in [0.3, 0.4) is 0 Å². The van der Waals surface area contributed by atoms with Crippen molar-refractivity contribution in [2.45, 2.75) is 39.0 Å². The SMILES string of the molecule is [2H]C([2H])([2H])C([2H])([2H])C1C(=O)N(C)c2cnc(Cl)nc2N1C([2H])(C([2H])([2H])[2H])C([2H])([2H])[2H]. The number of nitrogens with zero attached hydrogens (tertiary/aromatic N) is 4. The van der Waals surface area contributed by atoms with Gasteiger partial charge in [0.15, 0.2) is 5.82 Å². The van der Waals surface area contributed by atoms with Crippen molar-refractivity contribution in [3.8, 4) is 0 Å². The fraction of sp³-hybridized carbons (Fsp3) is 0.583. The van der Waals surface area contributed by atoms with Crippen molar-refractivity contribution in [2.24, 2.45) is 0 Å². The average Bonchev–Trinajstić information content (AvgIpc) is 2.53. The molecular formula is C12H17ClN4O. The average molecular weight is 281 g/mol. The van der Waals surface area contributed by atoms with Crippen molar-refractivity contribution in [1.29, 1.82) is 0 Å². The van der Waals surface area contributed by atoms with Crippen LogP contribution in [0.15, 0.2) is 6.20 Å². The van der Waals surface area contributed by atoms with Gasteiger partial charge in [-0.1, -0.05) is 6.85 Å². The number of hydrogen-bond donors (Lipinski definition) is 0. The van der Waals surface area contributed by atoms with Crippen molar-refractivity contribution >= 4 is 29.0 Å². The first kappa shape index (κ1) is 4.63. The van der Waals surface area contributed by atoms with Gasteiger partial charge in [0.2, 0.25) is 11.2 Å². The van der Waals surface area contributed by atoms with Gasteiger partial charge in [0, 0.05) is 28.1 Å². The molecule has 98 valence electrons. The number of likely N-dealkylation sites (N-methyl/N-ethyl adjacent to an activating group) is 1. The van der Waals surface area contributed by atoms with Crippen molar-refractivity contribution < 1.29 is 21.2 Å². The summed E-state index contributed by atoms with van der Waals surface area (Å²) >= 11 is 5.76. The van der Waals surface area contributed by atoms with Gasteiger partial charge in [-0.25, -0.2) is 4.98 Å². The van der Waals surface area contributed by atoms with Gasteiger partial charge < -0.3 is 9.80 Å². The number of amides is 1. The lowest BCUT2D eigenvalue weighted by Crippen LogP contribution is -2.54. The van der Waals surface area contributed by atoms with E-state index in [0.717, 1.165) is 18.1 Å². The van der Waals surface area contributed by atoms with Gasteiger partial charge in [0.25, 0.3) is 0 Å². The van der Waals surface area contributed by atoms with E-state index in [4.69, 9.17) is 28.1 Å². The molecule has 0 saturated heterocycles. The molecule has 0 aliphatic carbocycles. The summed E-state index contributed by atoms with van der Waals surface area (Å²) in [6.07, 6.45) is -2.52. The van der Waals surface area contributed by atoms with Crippen LogP contribution in [0.25, 0.3) is 0 Å². The number of anilines is 2. The molecule has 6 heteroatoms. The lowest BCUT2D eigenvalue weighted by atomic mass is 10.1. The largest absolute Gasteiger partial charge is 0.340 e. The minimum atomic E-state index is -3.66. The van der Waals surface area contributed by atoms with Crippen LogP contribution in [0, 0.1) is 0 Å². The zero-order valence-corrected chi connectivity index (χ0v) is 9.99. The molecule has 1 atom stereocenters. The molecule has 1 aliphatic rings. The third kappa shape index (κ3) is 1.92. The van der Waals surface area contributed by atoms with Gasteiger partial charge in [-0.05, 0) is 31.7 Å². The Morgan fingerprint density at radius 2 is 2.50 bits per heavy atom. The molecule has 0 N–H and O–H groups in total. The molecule has 0 spiro atoms. The minimum Gasteiger partial charge on any atom is -0.340 e. The van der Waals surface area contributed by atoms with Gasteiger partial charge in [0.05, 0.1) is 7.57 Å². The molecule has 1 unspecified atom stereocenters. The Hall–Kier alpha value is -1.36. The third-order valence-electron chi connectivity index (χ3n) is 2.51. The summed E-state index contributed by atoms with van der Waals surface area (Å²) in [5.74, 6) is -1.96.